The summed E-state index contributed by atoms with van der Waals surface area (Å²) < 4.78 is 0. The normalized spacial score (nSPS) is 17.0. The van der Waals surface area contributed by atoms with Gasteiger partial charge in [-0.1, -0.05) is 180 Å². The summed E-state index contributed by atoms with van der Waals surface area (Å²) in [4.78, 5) is 23.4. The molecular formula is C68H66N4Si2. The number of nitrogens with zero attached hydrogens (tertiary/aromatic N) is 4. The predicted molar refractivity (Wildman–Crippen MR) is 314 cm³/mol. The van der Waals surface area contributed by atoms with Crippen molar-refractivity contribution in [2.45, 2.75) is 141 Å². The minimum atomic E-state index is -2.26. The number of benzene rings is 7. The van der Waals surface area contributed by atoms with Crippen LogP contribution in [0, 0.1) is 22.9 Å². The summed E-state index contributed by atoms with van der Waals surface area (Å²) in [5.74, 6) is 8.08. The molecule has 0 fully saturated rings. The highest BCUT2D eigenvalue weighted by Gasteiger charge is 2.45. The average Bonchev–Trinajstić information content (AvgIpc) is 3.40. The second-order valence-electron chi connectivity index (χ2n) is 24.1. The first-order valence-corrected chi connectivity index (χ1v) is 32.0. The second-order valence-corrected chi connectivity index (χ2v) is 35.3. The molecule has 3 heterocycles. The number of aromatic nitrogens is 4. The van der Waals surface area contributed by atoms with Crippen molar-refractivity contribution in [3.05, 3.63) is 188 Å². The fourth-order valence-corrected chi connectivity index (χ4v) is 26.0. The molecule has 14 rings (SSSR count). The lowest BCUT2D eigenvalue weighted by Crippen LogP contribution is -2.43. The van der Waals surface area contributed by atoms with E-state index in [9.17, 15) is 0 Å². The lowest BCUT2D eigenvalue weighted by Gasteiger charge is -2.42. The molecule has 366 valence electrons. The van der Waals surface area contributed by atoms with Gasteiger partial charge in [-0.2, -0.15) is 0 Å². The van der Waals surface area contributed by atoms with Gasteiger partial charge in [0, 0.05) is 17.8 Å². The van der Waals surface area contributed by atoms with Gasteiger partial charge in [-0.25, -0.2) is 19.9 Å². The van der Waals surface area contributed by atoms with Gasteiger partial charge in [0.25, 0.3) is 0 Å². The van der Waals surface area contributed by atoms with Crippen LogP contribution in [0.3, 0.4) is 0 Å². The Labute approximate surface area is 439 Å². The van der Waals surface area contributed by atoms with Gasteiger partial charge < -0.3 is 0 Å². The first-order valence-electron chi connectivity index (χ1n) is 27.5. The van der Waals surface area contributed by atoms with Crippen molar-refractivity contribution in [1.82, 2.24) is 19.9 Å². The second kappa shape index (κ2) is 16.9. The molecule has 4 nitrogen and oxygen atoms in total. The molecule has 3 atom stereocenters. The van der Waals surface area contributed by atoms with Gasteiger partial charge in [-0.05, 0) is 142 Å². The maximum absolute atomic E-state index is 5.86. The van der Waals surface area contributed by atoms with E-state index in [-0.39, 0.29) is 17.8 Å². The molecule has 0 amide bonds. The van der Waals surface area contributed by atoms with Gasteiger partial charge in [0.1, 0.15) is 38.2 Å². The first kappa shape index (κ1) is 47.0. The fourth-order valence-electron chi connectivity index (χ4n) is 15.6. The van der Waals surface area contributed by atoms with Crippen LogP contribution in [0.15, 0.2) is 115 Å². The minimum absolute atomic E-state index is 0.0178. The molecule has 3 unspecified atom stereocenters. The van der Waals surface area contributed by atoms with Gasteiger partial charge in [0.05, 0.1) is 33.2 Å². The average molecular weight is 995 g/mol. The molecule has 0 N–H and O–H groups in total. The molecule has 74 heavy (non-hydrogen) atoms. The Morgan fingerprint density at radius 2 is 0.743 bits per heavy atom. The van der Waals surface area contributed by atoms with E-state index in [0.717, 1.165) is 61.7 Å². The predicted octanol–water partition coefficient (Wildman–Crippen LogP) is 17.1. The van der Waals surface area contributed by atoms with E-state index in [2.05, 4.69) is 221 Å². The van der Waals surface area contributed by atoms with Crippen molar-refractivity contribution in [3.63, 3.8) is 0 Å². The Balaban J connectivity index is 1.24. The molecule has 7 aromatic carbocycles. The smallest absolute Gasteiger partial charge is 0.146 e. The van der Waals surface area contributed by atoms with Crippen LogP contribution in [-0.4, -0.2) is 36.1 Å². The Kier molecular flexibility index (Phi) is 10.7. The van der Waals surface area contributed by atoms with Crippen molar-refractivity contribution in [1.29, 1.82) is 0 Å². The lowest BCUT2D eigenvalue weighted by molar-refractivity contribution is 0.756. The summed E-state index contributed by atoms with van der Waals surface area (Å²) in [5.41, 5.74) is 36.5. The molecule has 9 aromatic rings. The van der Waals surface area contributed by atoms with Crippen LogP contribution in [0.2, 0.25) is 33.2 Å². The van der Waals surface area contributed by atoms with E-state index in [1.807, 2.05) is 0 Å². The van der Waals surface area contributed by atoms with Crippen LogP contribution in [0.5, 0.6) is 0 Å². The third kappa shape index (κ3) is 6.53. The molecule has 2 aromatic heterocycles. The third-order valence-corrected chi connectivity index (χ3v) is 31.5. The monoisotopic (exact) mass is 994 g/mol. The van der Waals surface area contributed by atoms with E-state index in [4.69, 9.17) is 19.9 Å². The van der Waals surface area contributed by atoms with Crippen LogP contribution in [0.1, 0.15) is 173 Å². The molecule has 5 aliphatic rings. The maximum Gasteiger partial charge on any atom is 0.146 e. The maximum atomic E-state index is 5.86. The Morgan fingerprint density at radius 3 is 1.24 bits per heavy atom. The third-order valence-electron chi connectivity index (χ3n) is 18.9. The molecule has 6 heteroatoms. The van der Waals surface area contributed by atoms with E-state index >= 15 is 0 Å². The highest BCUT2D eigenvalue weighted by molar-refractivity contribution is 6.91. The van der Waals surface area contributed by atoms with Crippen molar-refractivity contribution in [2.75, 3.05) is 0 Å². The zero-order chi connectivity index (χ0) is 51.3. The molecule has 4 aliphatic carbocycles. The summed E-state index contributed by atoms with van der Waals surface area (Å²) in [7, 11) is -4.51. The topological polar surface area (TPSA) is 51.6 Å². The summed E-state index contributed by atoms with van der Waals surface area (Å²) in [6, 6.07) is 44.2. The van der Waals surface area contributed by atoms with Crippen LogP contribution in [0.25, 0.3) is 55.3 Å². The van der Waals surface area contributed by atoms with Gasteiger partial charge >= 0.3 is 0 Å². The number of hydrogen-bond donors (Lipinski definition) is 0. The molecule has 0 radical (unpaired) electrons. The van der Waals surface area contributed by atoms with Crippen LogP contribution in [-0.2, 0) is 6.42 Å². The molecule has 0 spiro atoms. The Morgan fingerprint density at radius 1 is 0.365 bits per heavy atom. The van der Waals surface area contributed by atoms with Gasteiger partial charge in [-0.3, -0.25) is 0 Å². The molecule has 10 bridgehead atoms. The van der Waals surface area contributed by atoms with Gasteiger partial charge in [0.2, 0.25) is 0 Å². The summed E-state index contributed by atoms with van der Waals surface area (Å²) in [6.45, 7) is 28.7. The van der Waals surface area contributed by atoms with Crippen molar-refractivity contribution >= 4 is 60.3 Å². The highest BCUT2D eigenvalue weighted by Crippen LogP contribution is 2.57. The number of rotatable bonds is 6. The number of hydrogen-bond acceptors (Lipinski definition) is 4. The zero-order valence-electron chi connectivity index (χ0n) is 45.2. The lowest BCUT2D eigenvalue weighted by atomic mass is 9.60. The molecular weight excluding hydrogens is 929 g/mol. The number of fused-ring (bicyclic) bond motifs is 6. The van der Waals surface area contributed by atoms with Gasteiger partial charge in [-0.15, -0.1) is 11.1 Å². The largest absolute Gasteiger partial charge is 0.243 e. The molecule has 0 saturated heterocycles. The van der Waals surface area contributed by atoms with Crippen molar-refractivity contribution in [3.8, 4) is 34.1 Å². The fraction of sp³-hybridized carbons (Fsp3) is 0.324. The Bertz CT molecular complexity index is 3980. The van der Waals surface area contributed by atoms with Crippen LogP contribution in [0.4, 0.5) is 0 Å². The zero-order valence-corrected chi connectivity index (χ0v) is 47.2. The summed E-state index contributed by atoms with van der Waals surface area (Å²) in [5, 5.41) is 0. The van der Waals surface area contributed by atoms with Crippen LogP contribution < -0.4 is 0 Å². The van der Waals surface area contributed by atoms with Gasteiger partial charge in [0.15, 0.2) is 0 Å². The Hall–Kier alpha value is -6.71. The van der Waals surface area contributed by atoms with E-state index in [0.29, 0.717) is 33.2 Å². The SMILES string of the molecule is CC(C)[Si](C#Cc1c2nc3cc4c5cc3nc2c(C#C[Si](C(C)C)(C(C)C)C(C)C)c2nc3cc6c(cc3nc12)C1c2ccccc2C6c2cc(ccc21)-c1ccccc1C5c1ccccc1C4)(C(C)C)C(C)C. The molecule has 0 saturated carbocycles. The van der Waals surface area contributed by atoms with Crippen molar-refractivity contribution in [2.24, 2.45) is 0 Å². The van der Waals surface area contributed by atoms with E-state index in [1.165, 1.54) is 72.3 Å². The quantitative estimate of drug-likeness (QED) is 0.0946. The molecule has 1 aliphatic heterocycles. The van der Waals surface area contributed by atoms with E-state index in [1.54, 1.807) is 0 Å². The summed E-state index contributed by atoms with van der Waals surface area (Å²) >= 11 is 0. The van der Waals surface area contributed by atoms with E-state index < -0.39 is 16.1 Å². The first-order chi connectivity index (χ1) is 35.6. The van der Waals surface area contributed by atoms with Crippen molar-refractivity contribution < 1.29 is 0 Å². The standard InChI is InChI=1S/C68H66N4Si2/c1-37(2)73(38(3)4,39(5)6)29-27-52-65-66-53(28-30-74(40(7)8,41(9)10)42(11)12)68-67(52)71-60-35-56-57(36-61(60)72-68)64-50-24-18-17-23-49(50)63(56)51-26-25-44(32-55(51)64)46-20-15-16-22-48(46)62-47-21-14-13-19-43(47)31-45-33-58(69-65)59(70-66)34-54(45)62/h13-26,32-42,62-64H,31H2,1-12H3. The highest BCUT2D eigenvalue weighted by atomic mass is 28.3. The summed E-state index contributed by atoms with van der Waals surface area (Å²) in [6.07, 6.45) is 0.821. The minimum Gasteiger partial charge on any atom is -0.243 e. The van der Waals surface area contributed by atoms with Crippen LogP contribution >= 0.6 is 0 Å².